The van der Waals surface area contributed by atoms with Gasteiger partial charge >= 0.3 is 12.0 Å². The number of aryl methyl sites for hydroxylation is 1. The minimum absolute atomic E-state index is 0.0690. The highest BCUT2D eigenvalue weighted by Crippen LogP contribution is 2.36. The summed E-state index contributed by atoms with van der Waals surface area (Å²) in [6.07, 6.45) is 2.35. The maximum atomic E-state index is 13.1. The lowest BCUT2D eigenvalue weighted by Gasteiger charge is -2.39. The molecule has 0 N–H and O–H groups in total. The van der Waals surface area contributed by atoms with Crippen LogP contribution in [0.25, 0.3) is 0 Å². The fraction of sp³-hybridized carbons (Fsp3) is 0.448. The molecule has 0 saturated heterocycles. The molecule has 2 atom stereocenters. The Hall–Kier alpha value is -3.19. The van der Waals surface area contributed by atoms with Gasteiger partial charge in [0.1, 0.15) is 5.92 Å². The van der Waals surface area contributed by atoms with Crippen LogP contribution in [-0.4, -0.2) is 59.7 Å². The van der Waals surface area contributed by atoms with Crippen LogP contribution in [0, 0.1) is 5.92 Å². The van der Waals surface area contributed by atoms with Crippen LogP contribution in [0.5, 0.6) is 0 Å². The van der Waals surface area contributed by atoms with Crippen LogP contribution >= 0.6 is 11.6 Å². The SMILES string of the molecule is CC1=NC(=O)N(CCCN(C)C(=O)CCCc2ccccc2)C(c2cccc(Cl)c2)C1C(=O)OC(C)C. The van der Waals surface area contributed by atoms with E-state index in [0.29, 0.717) is 36.7 Å². The molecule has 0 saturated carbocycles. The lowest BCUT2D eigenvalue weighted by atomic mass is 9.86. The fourth-order valence-electron chi connectivity index (χ4n) is 4.60. The number of ether oxygens (including phenoxy) is 1. The van der Waals surface area contributed by atoms with E-state index in [4.69, 9.17) is 16.3 Å². The van der Waals surface area contributed by atoms with Crippen molar-refractivity contribution in [2.24, 2.45) is 10.9 Å². The average molecular weight is 526 g/mol. The number of amides is 3. The smallest absolute Gasteiger partial charge is 0.344 e. The lowest BCUT2D eigenvalue weighted by Crippen LogP contribution is -2.48. The quantitative estimate of drug-likeness (QED) is 0.352. The zero-order chi connectivity index (χ0) is 26.9. The third-order valence-corrected chi connectivity index (χ3v) is 6.67. The zero-order valence-electron chi connectivity index (χ0n) is 22.0. The second-order valence-corrected chi connectivity index (χ2v) is 10.1. The van der Waals surface area contributed by atoms with Crippen molar-refractivity contribution >= 4 is 35.2 Å². The van der Waals surface area contributed by atoms with Gasteiger partial charge in [0.05, 0.1) is 12.1 Å². The van der Waals surface area contributed by atoms with Gasteiger partial charge in [-0.3, -0.25) is 9.59 Å². The summed E-state index contributed by atoms with van der Waals surface area (Å²) < 4.78 is 5.53. The summed E-state index contributed by atoms with van der Waals surface area (Å²) in [6, 6.07) is 16.3. The first-order chi connectivity index (χ1) is 17.7. The molecule has 1 aliphatic rings. The normalized spacial score (nSPS) is 17.5. The summed E-state index contributed by atoms with van der Waals surface area (Å²) in [6.45, 7) is 6.08. The summed E-state index contributed by atoms with van der Waals surface area (Å²) >= 11 is 6.26. The molecule has 8 heteroatoms. The van der Waals surface area contributed by atoms with Gasteiger partial charge in [-0.2, -0.15) is 0 Å². The highest BCUT2D eigenvalue weighted by atomic mass is 35.5. The summed E-state index contributed by atoms with van der Waals surface area (Å²) in [5.41, 5.74) is 2.38. The van der Waals surface area contributed by atoms with E-state index in [0.717, 1.165) is 18.4 Å². The first kappa shape index (κ1) is 28.4. The number of carbonyl (C=O) groups excluding carboxylic acids is 3. The Balaban J connectivity index is 1.67. The second-order valence-electron chi connectivity index (χ2n) is 9.70. The monoisotopic (exact) mass is 525 g/mol. The number of benzene rings is 2. The van der Waals surface area contributed by atoms with Crippen molar-refractivity contribution in [1.29, 1.82) is 0 Å². The molecular formula is C29H36ClN3O4. The van der Waals surface area contributed by atoms with E-state index in [1.165, 1.54) is 5.56 Å². The fourth-order valence-corrected chi connectivity index (χ4v) is 4.80. The summed E-state index contributed by atoms with van der Waals surface area (Å²) in [7, 11) is 1.78. The standard InChI is InChI=1S/C29H36ClN3O4/c1-20(2)37-28(35)26-21(3)31-29(36)33(27(26)23-14-9-15-24(30)19-23)18-10-17-32(4)25(34)16-8-13-22-11-6-5-7-12-22/h5-7,9,11-12,14-15,19-20,26-27H,8,10,13,16-18H2,1-4H3. The van der Waals surface area contributed by atoms with Crippen molar-refractivity contribution in [3.63, 3.8) is 0 Å². The Labute approximate surface area is 224 Å². The minimum Gasteiger partial charge on any atom is -0.462 e. The second kappa shape index (κ2) is 13.4. The molecule has 3 amide bonds. The molecule has 2 aromatic rings. The molecule has 0 fully saturated rings. The van der Waals surface area contributed by atoms with E-state index in [-0.39, 0.29) is 12.0 Å². The van der Waals surface area contributed by atoms with E-state index in [2.05, 4.69) is 17.1 Å². The number of esters is 1. The van der Waals surface area contributed by atoms with Gasteiger partial charge in [-0.25, -0.2) is 9.79 Å². The van der Waals surface area contributed by atoms with Gasteiger partial charge in [-0.05, 0) is 63.3 Å². The molecule has 0 radical (unpaired) electrons. The molecule has 0 aliphatic carbocycles. The number of urea groups is 1. The maximum Gasteiger partial charge on any atom is 0.344 e. The first-order valence-corrected chi connectivity index (χ1v) is 13.1. The van der Waals surface area contributed by atoms with Crippen LogP contribution in [0.15, 0.2) is 59.6 Å². The van der Waals surface area contributed by atoms with Gasteiger partial charge in [-0.1, -0.05) is 54.1 Å². The molecule has 0 aromatic heterocycles. The van der Waals surface area contributed by atoms with Crippen molar-refractivity contribution < 1.29 is 19.1 Å². The van der Waals surface area contributed by atoms with Crippen molar-refractivity contribution in [1.82, 2.24) is 9.80 Å². The molecule has 2 unspecified atom stereocenters. The van der Waals surface area contributed by atoms with Crippen LogP contribution in [0.3, 0.4) is 0 Å². The first-order valence-electron chi connectivity index (χ1n) is 12.8. The number of hydrogen-bond acceptors (Lipinski definition) is 4. The van der Waals surface area contributed by atoms with E-state index < -0.39 is 24.0 Å². The number of hydrogen-bond donors (Lipinski definition) is 0. The Morgan fingerprint density at radius 2 is 1.84 bits per heavy atom. The van der Waals surface area contributed by atoms with E-state index in [9.17, 15) is 14.4 Å². The Kier molecular flexibility index (Phi) is 10.3. The largest absolute Gasteiger partial charge is 0.462 e. The van der Waals surface area contributed by atoms with Crippen LogP contribution < -0.4 is 0 Å². The predicted octanol–water partition coefficient (Wildman–Crippen LogP) is 5.72. The van der Waals surface area contributed by atoms with Crippen LogP contribution in [0.4, 0.5) is 4.79 Å². The Morgan fingerprint density at radius 3 is 2.51 bits per heavy atom. The molecule has 3 rings (SSSR count). The highest BCUT2D eigenvalue weighted by Gasteiger charge is 2.43. The van der Waals surface area contributed by atoms with Crippen molar-refractivity contribution in [2.45, 2.75) is 58.6 Å². The molecule has 1 heterocycles. The predicted molar refractivity (Wildman–Crippen MR) is 146 cm³/mol. The van der Waals surface area contributed by atoms with Gasteiger partial charge < -0.3 is 14.5 Å². The Bertz CT molecular complexity index is 1120. The molecule has 2 aromatic carbocycles. The van der Waals surface area contributed by atoms with Gasteiger partial charge in [-0.15, -0.1) is 0 Å². The van der Waals surface area contributed by atoms with E-state index in [1.807, 2.05) is 24.3 Å². The minimum atomic E-state index is -0.740. The average Bonchev–Trinajstić information content (AvgIpc) is 2.84. The number of halogens is 1. The van der Waals surface area contributed by atoms with Crippen molar-refractivity contribution in [2.75, 3.05) is 20.1 Å². The summed E-state index contributed by atoms with van der Waals surface area (Å²) in [4.78, 5) is 46.2. The third kappa shape index (κ3) is 7.89. The number of carbonyl (C=O) groups is 3. The number of nitrogens with zero attached hydrogens (tertiary/aromatic N) is 3. The van der Waals surface area contributed by atoms with Crippen LogP contribution in [0.1, 0.15) is 57.2 Å². The third-order valence-electron chi connectivity index (χ3n) is 6.43. The van der Waals surface area contributed by atoms with Gasteiger partial charge in [0, 0.05) is 37.3 Å². The van der Waals surface area contributed by atoms with E-state index in [1.54, 1.807) is 55.8 Å². The van der Waals surface area contributed by atoms with Crippen molar-refractivity contribution in [3.05, 3.63) is 70.7 Å². The topological polar surface area (TPSA) is 79.3 Å². The molecule has 0 bridgehead atoms. The van der Waals surface area contributed by atoms with Crippen LogP contribution in [-0.2, 0) is 20.7 Å². The zero-order valence-corrected chi connectivity index (χ0v) is 22.8. The molecular weight excluding hydrogens is 490 g/mol. The van der Waals surface area contributed by atoms with Crippen LogP contribution in [0.2, 0.25) is 5.02 Å². The molecule has 198 valence electrons. The summed E-state index contributed by atoms with van der Waals surface area (Å²) in [5.74, 6) is -1.10. The lowest BCUT2D eigenvalue weighted by molar-refractivity contribution is -0.151. The molecule has 37 heavy (non-hydrogen) atoms. The Morgan fingerprint density at radius 1 is 1.11 bits per heavy atom. The van der Waals surface area contributed by atoms with Gasteiger partial charge in [0.15, 0.2) is 0 Å². The van der Waals surface area contributed by atoms with Gasteiger partial charge in [0.2, 0.25) is 5.91 Å². The van der Waals surface area contributed by atoms with E-state index >= 15 is 0 Å². The number of aliphatic imine (C=N–C) groups is 1. The molecule has 7 nitrogen and oxygen atoms in total. The highest BCUT2D eigenvalue weighted by molar-refractivity contribution is 6.30. The maximum absolute atomic E-state index is 13.1. The molecule has 0 spiro atoms. The van der Waals surface area contributed by atoms with Crippen molar-refractivity contribution in [3.8, 4) is 0 Å². The summed E-state index contributed by atoms with van der Waals surface area (Å²) in [5, 5.41) is 0.516. The molecule has 1 aliphatic heterocycles. The van der Waals surface area contributed by atoms with Gasteiger partial charge in [0.25, 0.3) is 0 Å². The number of rotatable bonds is 11.